The van der Waals surface area contributed by atoms with Gasteiger partial charge in [0.25, 0.3) is 15.9 Å². The fourth-order valence-electron chi connectivity index (χ4n) is 2.22. The van der Waals surface area contributed by atoms with Crippen LogP contribution in [-0.4, -0.2) is 27.5 Å². The Morgan fingerprint density at radius 3 is 2.56 bits per heavy atom. The number of rotatable bonds is 4. The molecule has 1 aliphatic rings. The van der Waals surface area contributed by atoms with Crippen LogP contribution in [0, 0.1) is 0 Å². The molecule has 2 aromatic carbocycles. The lowest BCUT2D eigenvalue weighted by molar-refractivity contribution is -0.114. The van der Waals surface area contributed by atoms with Crippen LogP contribution in [0.3, 0.4) is 0 Å². The maximum absolute atomic E-state index is 12.2. The van der Waals surface area contributed by atoms with Crippen molar-refractivity contribution in [2.45, 2.75) is 4.90 Å². The summed E-state index contributed by atoms with van der Waals surface area (Å²) in [5, 5.41) is 0.0404. The number of nitrogens with one attached hydrogen (secondary N) is 1. The highest BCUT2D eigenvalue weighted by Gasteiger charge is 2.19. The van der Waals surface area contributed by atoms with Crippen molar-refractivity contribution in [3.63, 3.8) is 0 Å². The van der Waals surface area contributed by atoms with E-state index < -0.39 is 15.9 Å². The number of halogens is 1. The lowest BCUT2D eigenvalue weighted by Crippen LogP contribution is -2.29. The van der Waals surface area contributed by atoms with Crippen LogP contribution in [0.1, 0.15) is 5.56 Å². The normalized spacial score (nSPS) is 13.6. The number of benzene rings is 2. The Balaban J connectivity index is 1.72. The van der Waals surface area contributed by atoms with Crippen LogP contribution in [0.5, 0.6) is 11.5 Å². The minimum atomic E-state index is -4.04. The summed E-state index contributed by atoms with van der Waals surface area (Å²) in [7, 11) is -4.04. The van der Waals surface area contributed by atoms with Crippen molar-refractivity contribution in [1.82, 2.24) is 4.72 Å². The minimum absolute atomic E-state index is 0.0404. The van der Waals surface area contributed by atoms with Crippen molar-refractivity contribution < 1.29 is 22.7 Å². The van der Waals surface area contributed by atoms with Gasteiger partial charge in [-0.3, -0.25) is 4.79 Å². The molecule has 0 atom stereocenters. The molecular weight excluding hydrogens is 366 g/mol. The van der Waals surface area contributed by atoms with Gasteiger partial charge >= 0.3 is 0 Å². The first kappa shape index (κ1) is 17.3. The summed E-state index contributed by atoms with van der Waals surface area (Å²) >= 11 is 5.86. The standard InChI is InChI=1S/C17H14ClNO5S/c18-13-3-1-2-4-16(13)25(21,22)19-17(20)8-6-12-5-7-14-15(11-12)24-10-9-23-14/h1-8,11H,9-10H2,(H,19,20)/b8-6+. The van der Waals surface area contributed by atoms with Gasteiger partial charge in [0.15, 0.2) is 11.5 Å². The van der Waals surface area contributed by atoms with Crippen LogP contribution in [0.2, 0.25) is 5.02 Å². The third-order valence-corrected chi connectivity index (χ3v) is 5.20. The zero-order chi connectivity index (χ0) is 17.9. The highest BCUT2D eigenvalue weighted by Crippen LogP contribution is 2.31. The number of hydrogen-bond donors (Lipinski definition) is 1. The molecule has 0 aliphatic carbocycles. The summed E-state index contributed by atoms with van der Waals surface area (Å²) in [5.41, 5.74) is 0.676. The third-order valence-electron chi connectivity index (χ3n) is 3.35. The molecule has 0 aromatic heterocycles. The maximum atomic E-state index is 12.2. The quantitative estimate of drug-likeness (QED) is 0.826. The minimum Gasteiger partial charge on any atom is -0.486 e. The summed E-state index contributed by atoms with van der Waals surface area (Å²) < 4.78 is 37.2. The molecule has 0 unspecified atom stereocenters. The number of fused-ring (bicyclic) bond motifs is 1. The average molecular weight is 380 g/mol. The number of hydrogen-bond acceptors (Lipinski definition) is 5. The maximum Gasteiger partial charge on any atom is 0.265 e. The molecule has 1 aliphatic heterocycles. The first-order chi connectivity index (χ1) is 12.0. The molecule has 2 aromatic rings. The Morgan fingerprint density at radius 2 is 1.80 bits per heavy atom. The van der Waals surface area contributed by atoms with Crippen molar-refractivity contribution in [2.75, 3.05) is 13.2 Å². The SMILES string of the molecule is O=C(/C=C/c1ccc2c(c1)OCCO2)NS(=O)(=O)c1ccccc1Cl. The van der Waals surface area contributed by atoms with Crippen molar-refractivity contribution in [1.29, 1.82) is 0 Å². The van der Waals surface area contributed by atoms with Gasteiger partial charge in [-0.1, -0.05) is 29.8 Å². The van der Waals surface area contributed by atoms with E-state index in [1.54, 1.807) is 24.3 Å². The lowest BCUT2D eigenvalue weighted by Gasteiger charge is -2.18. The van der Waals surface area contributed by atoms with Crippen molar-refractivity contribution in [2.24, 2.45) is 0 Å². The van der Waals surface area contributed by atoms with Gasteiger partial charge in [0.1, 0.15) is 18.1 Å². The molecule has 6 nitrogen and oxygen atoms in total. The fourth-order valence-corrected chi connectivity index (χ4v) is 3.69. The van der Waals surface area contributed by atoms with Crippen LogP contribution in [0.15, 0.2) is 53.4 Å². The van der Waals surface area contributed by atoms with Gasteiger partial charge in [0.2, 0.25) is 0 Å². The molecule has 25 heavy (non-hydrogen) atoms. The summed E-state index contributed by atoms with van der Waals surface area (Å²) in [6, 6.07) is 11.1. The number of ether oxygens (including phenoxy) is 2. The topological polar surface area (TPSA) is 81.7 Å². The molecule has 0 bridgehead atoms. The van der Waals surface area contributed by atoms with Crippen LogP contribution in [0.25, 0.3) is 6.08 Å². The van der Waals surface area contributed by atoms with E-state index in [1.807, 2.05) is 4.72 Å². The van der Waals surface area contributed by atoms with E-state index in [9.17, 15) is 13.2 Å². The molecule has 0 saturated heterocycles. The van der Waals surface area contributed by atoms with Gasteiger partial charge in [-0.2, -0.15) is 0 Å². The molecule has 0 radical (unpaired) electrons. The number of amides is 1. The number of carbonyl (C=O) groups excluding carboxylic acids is 1. The largest absolute Gasteiger partial charge is 0.486 e. The molecule has 3 rings (SSSR count). The van der Waals surface area contributed by atoms with Gasteiger partial charge in [0, 0.05) is 6.08 Å². The monoisotopic (exact) mass is 379 g/mol. The van der Waals surface area contributed by atoms with Gasteiger partial charge in [-0.15, -0.1) is 0 Å². The van der Waals surface area contributed by atoms with E-state index in [0.29, 0.717) is 30.3 Å². The average Bonchev–Trinajstić information content (AvgIpc) is 2.59. The van der Waals surface area contributed by atoms with Crippen LogP contribution in [0.4, 0.5) is 0 Å². The Labute approximate surface area is 150 Å². The van der Waals surface area contributed by atoms with Gasteiger partial charge in [-0.05, 0) is 35.9 Å². The zero-order valence-electron chi connectivity index (χ0n) is 12.9. The summed E-state index contributed by atoms with van der Waals surface area (Å²) in [6.45, 7) is 0.946. The highest BCUT2D eigenvalue weighted by atomic mass is 35.5. The highest BCUT2D eigenvalue weighted by molar-refractivity contribution is 7.90. The lowest BCUT2D eigenvalue weighted by atomic mass is 10.2. The van der Waals surface area contributed by atoms with Gasteiger partial charge in [-0.25, -0.2) is 13.1 Å². The van der Waals surface area contributed by atoms with Crippen molar-refractivity contribution in [3.8, 4) is 11.5 Å². The second-order valence-corrected chi connectivity index (χ2v) is 7.19. The van der Waals surface area contributed by atoms with Gasteiger partial charge in [0.05, 0.1) is 5.02 Å². The summed E-state index contributed by atoms with van der Waals surface area (Å²) in [6.07, 6.45) is 2.61. The van der Waals surface area contributed by atoms with Crippen LogP contribution in [-0.2, 0) is 14.8 Å². The molecule has 0 saturated carbocycles. The zero-order valence-corrected chi connectivity index (χ0v) is 14.5. The first-order valence-corrected chi connectivity index (χ1v) is 9.21. The third kappa shape index (κ3) is 4.12. The number of sulfonamides is 1. The van der Waals surface area contributed by atoms with Crippen molar-refractivity contribution in [3.05, 3.63) is 59.1 Å². The van der Waals surface area contributed by atoms with Crippen LogP contribution < -0.4 is 14.2 Å². The molecular formula is C17H14ClNO5S. The van der Waals surface area contributed by atoms with E-state index >= 15 is 0 Å². The number of carbonyl (C=O) groups is 1. The molecule has 0 spiro atoms. The van der Waals surface area contributed by atoms with Gasteiger partial charge < -0.3 is 9.47 Å². The van der Waals surface area contributed by atoms with E-state index in [4.69, 9.17) is 21.1 Å². The molecule has 0 fully saturated rings. The fraction of sp³-hybridized carbons (Fsp3) is 0.118. The van der Waals surface area contributed by atoms with E-state index in [2.05, 4.69) is 0 Å². The summed E-state index contributed by atoms with van der Waals surface area (Å²) in [5.74, 6) is 0.432. The Morgan fingerprint density at radius 1 is 1.08 bits per heavy atom. The Hall–Kier alpha value is -2.51. The van der Waals surface area contributed by atoms with E-state index in [1.165, 1.54) is 24.3 Å². The smallest absolute Gasteiger partial charge is 0.265 e. The Kier molecular flexibility index (Phi) is 4.96. The van der Waals surface area contributed by atoms with E-state index in [0.717, 1.165) is 6.08 Å². The summed E-state index contributed by atoms with van der Waals surface area (Å²) in [4.78, 5) is 11.8. The molecule has 1 heterocycles. The van der Waals surface area contributed by atoms with E-state index in [-0.39, 0.29) is 9.92 Å². The van der Waals surface area contributed by atoms with Crippen LogP contribution >= 0.6 is 11.6 Å². The predicted molar refractivity (Wildman–Crippen MR) is 93.2 cm³/mol. The first-order valence-electron chi connectivity index (χ1n) is 7.35. The van der Waals surface area contributed by atoms with Crippen molar-refractivity contribution >= 4 is 33.6 Å². The molecule has 130 valence electrons. The Bertz CT molecular complexity index is 940. The molecule has 1 amide bonds. The molecule has 8 heteroatoms. The second kappa shape index (κ2) is 7.16. The molecule has 1 N–H and O–H groups in total. The predicted octanol–water partition coefficient (Wildman–Crippen LogP) is 2.63. The second-order valence-electron chi connectivity index (χ2n) is 5.14.